The summed E-state index contributed by atoms with van der Waals surface area (Å²) in [6, 6.07) is 12.8. The van der Waals surface area contributed by atoms with Crippen LogP contribution in [0.3, 0.4) is 0 Å². The molecular formula is C18H25IN4S. The fraction of sp³-hybridized carbons (Fsp3) is 0.389. The van der Waals surface area contributed by atoms with Crippen LogP contribution in [0, 0.1) is 0 Å². The van der Waals surface area contributed by atoms with Crippen LogP contribution in [0.5, 0.6) is 0 Å². The summed E-state index contributed by atoms with van der Waals surface area (Å²) in [5.41, 5.74) is 2.60. The van der Waals surface area contributed by atoms with Gasteiger partial charge in [-0.25, -0.2) is 4.99 Å². The molecule has 1 saturated heterocycles. The van der Waals surface area contributed by atoms with Crippen LogP contribution in [-0.2, 0) is 6.54 Å². The molecule has 0 saturated carbocycles. The summed E-state index contributed by atoms with van der Waals surface area (Å²) in [6.45, 7) is 7.86. The zero-order chi connectivity index (χ0) is 15.9. The average Bonchev–Trinajstić information content (AvgIpc) is 3.13. The maximum absolute atomic E-state index is 4.80. The standard InChI is InChI=1S/C18H24N4S.HI/c1-2-19-18(20-14-16-8-13-23-15-16)22-11-9-21(10-12-22)17-6-4-3-5-7-17;/h3-8,13,15H,2,9-12,14H2,1H3,(H,19,20);1H. The molecule has 1 fully saturated rings. The minimum Gasteiger partial charge on any atom is -0.368 e. The van der Waals surface area contributed by atoms with Gasteiger partial charge in [-0.3, -0.25) is 0 Å². The lowest BCUT2D eigenvalue weighted by Crippen LogP contribution is -2.52. The summed E-state index contributed by atoms with van der Waals surface area (Å²) in [6.07, 6.45) is 0. The van der Waals surface area contributed by atoms with E-state index in [1.54, 1.807) is 11.3 Å². The molecular weight excluding hydrogens is 431 g/mol. The molecule has 2 aromatic rings. The van der Waals surface area contributed by atoms with Crippen molar-refractivity contribution in [1.82, 2.24) is 10.2 Å². The predicted molar refractivity (Wildman–Crippen MR) is 115 cm³/mol. The number of hydrogen-bond donors (Lipinski definition) is 1. The Morgan fingerprint density at radius 2 is 1.88 bits per heavy atom. The van der Waals surface area contributed by atoms with Crippen molar-refractivity contribution in [2.45, 2.75) is 13.5 Å². The van der Waals surface area contributed by atoms with Gasteiger partial charge in [0.25, 0.3) is 0 Å². The van der Waals surface area contributed by atoms with Gasteiger partial charge in [0.2, 0.25) is 0 Å². The second kappa shape index (κ2) is 9.88. The fourth-order valence-corrected chi connectivity index (χ4v) is 3.45. The van der Waals surface area contributed by atoms with Crippen LogP contribution in [0.15, 0.2) is 52.2 Å². The monoisotopic (exact) mass is 456 g/mol. The van der Waals surface area contributed by atoms with E-state index in [-0.39, 0.29) is 24.0 Å². The zero-order valence-electron chi connectivity index (χ0n) is 14.0. The Morgan fingerprint density at radius 1 is 1.12 bits per heavy atom. The molecule has 0 radical (unpaired) electrons. The Kier molecular flexibility index (Phi) is 7.84. The Hall–Kier alpha value is -1.28. The Labute approximate surface area is 165 Å². The van der Waals surface area contributed by atoms with Gasteiger partial charge in [0.1, 0.15) is 0 Å². The van der Waals surface area contributed by atoms with Gasteiger partial charge in [-0.15, -0.1) is 24.0 Å². The van der Waals surface area contributed by atoms with Gasteiger partial charge < -0.3 is 15.1 Å². The summed E-state index contributed by atoms with van der Waals surface area (Å²) in [7, 11) is 0. The van der Waals surface area contributed by atoms with Crippen molar-refractivity contribution >= 4 is 47.0 Å². The molecule has 1 aliphatic rings. The highest BCUT2D eigenvalue weighted by Crippen LogP contribution is 2.15. The molecule has 130 valence electrons. The van der Waals surface area contributed by atoms with Crippen LogP contribution >= 0.6 is 35.3 Å². The molecule has 4 nitrogen and oxygen atoms in total. The van der Waals surface area contributed by atoms with Crippen LogP contribution in [0.25, 0.3) is 0 Å². The number of piperazine rings is 1. The molecule has 3 rings (SSSR count). The van der Waals surface area contributed by atoms with E-state index in [1.807, 2.05) is 0 Å². The molecule has 0 unspecified atom stereocenters. The van der Waals surface area contributed by atoms with Crippen molar-refractivity contribution < 1.29 is 0 Å². The molecule has 2 heterocycles. The molecule has 0 spiro atoms. The Bertz CT molecular complexity index is 607. The molecule has 24 heavy (non-hydrogen) atoms. The maximum atomic E-state index is 4.80. The lowest BCUT2D eigenvalue weighted by atomic mass is 10.2. The minimum atomic E-state index is 0. The van der Waals surface area contributed by atoms with Crippen LogP contribution < -0.4 is 10.2 Å². The van der Waals surface area contributed by atoms with E-state index >= 15 is 0 Å². The first-order valence-electron chi connectivity index (χ1n) is 8.21. The van der Waals surface area contributed by atoms with Crippen molar-refractivity contribution in [2.75, 3.05) is 37.6 Å². The number of para-hydroxylation sites is 1. The molecule has 0 bridgehead atoms. The van der Waals surface area contributed by atoms with Gasteiger partial charge >= 0.3 is 0 Å². The lowest BCUT2D eigenvalue weighted by Gasteiger charge is -2.37. The number of hydrogen-bond acceptors (Lipinski definition) is 3. The molecule has 0 amide bonds. The zero-order valence-corrected chi connectivity index (χ0v) is 17.2. The number of guanidine groups is 1. The number of rotatable bonds is 4. The lowest BCUT2D eigenvalue weighted by molar-refractivity contribution is 0.372. The molecule has 1 N–H and O–H groups in total. The first-order chi connectivity index (χ1) is 11.4. The summed E-state index contributed by atoms with van der Waals surface area (Å²) in [4.78, 5) is 9.61. The van der Waals surface area contributed by atoms with E-state index in [0.29, 0.717) is 0 Å². The van der Waals surface area contributed by atoms with Crippen LogP contribution in [-0.4, -0.2) is 43.6 Å². The Morgan fingerprint density at radius 3 is 2.50 bits per heavy atom. The van der Waals surface area contributed by atoms with Crippen molar-refractivity contribution in [2.24, 2.45) is 4.99 Å². The van der Waals surface area contributed by atoms with Crippen LogP contribution in [0.2, 0.25) is 0 Å². The predicted octanol–water partition coefficient (Wildman–Crippen LogP) is 3.65. The number of nitrogens with one attached hydrogen (secondary N) is 1. The van der Waals surface area contributed by atoms with E-state index in [4.69, 9.17) is 4.99 Å². The second-order valence-corrected chi connectivity index (χ2v) is 6.39. The fourth-order valence-electron chi connectivity index (χ4n) is 2.79. The molecule has 1 aliphatic heterocycles. The SMILES string of the molecule is CCNC(=NCc1ccsc1)N1CCN(c2ccccc2)CC1.I. The Balaban J connectivity index is 0.00000208. The maximum Gasteiger partial charge on any atom is 0.194 e. The van der Waals surface area contributed by atoms with Gasteiger partial charge in [0.05, 0.1) is 6.54 Å². The summed E-state index contributed by atoms with van der Waals surface area (Å²) < 4.78 is 0. The van der Waals surface area contributed by atoms with Crippen molar-refractivity contribution in [3.05, 3.63) is 52.7 Å². The number of thiophene rings is 1. The highest BCUT2D eigenvalue weighted by molar-refractivity contribution is 14.0. The highest BCUT2D eigenvalue weighted by Gasteiger charge is 2.19. The van der Waals surface area contributed by atoms with E-state index in [0.717, 1.165) is 45.2 Å². The number of anilines is 1. The van der Waals surface area contributed by atoms with E-state index in [1.165, 1.54) is 11.3 Å². The van der Waals surface area contributed by atoms with Gasteiger partial charge in [0.15, 0.2) is 5.96 Å². The van der Waals surface area contributed by atoms with Crippen LogP contribution in [0.4, 0.5) is 5.69 Å². The number of nitrogens with zero attached hydrogens (tertiary/aromatic N) is 3. The third-order valence-electron chi connectivity index (χ3n) is 4.03. The molecule has 0 atom stereocenters. The number of halogens is 1. The number of aliphatic imine (C=N–C) groups is 1. The summed E-state index contributed by atoms with van der Waals surface area (Å²) >= 11 is 1.73. The largest absolute Gasteiger partial charge is 0.368 e. The third kappa shape index (κ3) is 5.11. The van der Waals surface area contributed by atoms with Crippen molar-refractivity contribution in [3.8, 4) is 0 Å². The first kappa shape index (κ1) is 19.1. The third-order valence-corrected chi connectivity index (χ3v) is 4.76. The van der Waals surface area contributed by atoms with Gasteiger partial charge in [-0.2, -0.15) is 11.3 Å². The van der Waals surface area contributed by atoms with Crippen LogP contribution in [0.1, 0.15) is 12.5 Å². The van der Waals surface area contributed by atoms with E-state index < -0.39 is 0 Å². The molecule has 6 heteroatoms. The van der Waals surface area contributed by atoms with E-state index in [2.05, 4.69) is 69.2 Å². The first-order valence-corrected chi connectivity index (χ1v) is 9.15. The second-order valence-electron chi connectivity index (χ2n) is 5.61. The highest BCUT2D eigenvalue weighted by atomic mass is 127. The molecule has 0 aliphatic carbocycles. The normalized spacial score (nSPS) is 15.1. The van der Waals surface area contributed by atoms with E-state index in [9.17, 15) is 0 Å². The van der Waals surface area contributed by atoms with Crippen molar-refractivity contribution in [3.63, 3.8) is 0 Å². The quantitative estimate of drug-likeness (QED) is 0.433. The topological polar surface area (TPSA) is 30.9 Å². The van der Waals surface area contributed by atoms with Crippen molar-refractivity contribution in [1.29, 1.82) is 0 Å². The molecule has 1 aromatic heterocycles. The summed E-state index contributed by atoms with van der Waals surface area (Å²) in [5.74, 6) is 1.03. The number of benzene rings is 1. The van der Waals surface area contributed by atoms with Gasteiger partial charge in [-0.05, 0) is 41.4 Å². The average molecular weight is 456 g/mol. The smallest absolute Gasteiger partial charge is 0.194 e. The summed E-state index contributed by atoms with van der Waals surface area (Å²) in [5, 5.41) is 7.70. The minimum absolute atomic E-state index is 0. The molecule has 1 aromatic carbocycles. The van der Waals surface area contributed by atoms with Gasteiger partial charge in [-0.1, -0.05) is 18.2 Å². The van der Waals surface area contributed by atoms with Gasteiger partial charge in [0, 0.05) is 38.4 Å².